The van der Waals surface area contributed by atoms with E-state index < -0.39 is 0 Å². The molecule has 0 saturated heterocycles. The Labute approximate surface area is 64.8 Å². The molecule has 2 atom stereocenters. The van der Waals surface area contributed by atoms with Crippen LogP contribution in [0.15, 0.2) is 22.7 Å². The van der Waals surface area contributed by atoms with Gasteiger partial charge in [-0.05, 0) is 11.8 Å². The van der Waals surface area contributed by atoms with Crippen molar-refractivity contribution in [3.63, 3.8) is 0 Å². The average Bonchev–Trinajstić information content (AvgIpc) is 1.80. The van der Waals surface area contributed by atoms with Crippen LogP contribution in [0.2, 0.25) is 0 Å². The maximum Gasteiger partial charge on any atom is 0.0135 e. The van der Waals surface area contributed by atoms with Crippen LogP contribution in [0.1, 0.15) is 13.8 Å². The third-order valence-corrected chi connectivity index (χ3v) is 2.34. The molecule has 0 aromatic heterocycles. The molecule has 0 aromatic rings. The van der Waals surface area contributed by atoms with Crippen molar-refractivity contribution in [3.8, 4) is 0 Å². The largest absolute Gasteiger partial charge is 0.0800 e. The van der Waals surface area contributed by atoms with E-state index in [1.54, 1.807) is 0 Å². The summed E-state index contributed by atoms with van der Waals surface area (Å²) in [6.45, 7) is 4.46. The number of allylic oxidation sites excluding steroid dienone is 4. The molecule has 0 saturated carbocycles. The number of halogens is 1. The molecule has 0 bridgehead atoms. The minimum absolute atomic E-state index is 0.685. The molecule has 0 N–H and O–H groups in total. The van der Waals surface area contributed by atoms with Gasteiger partial charge in [0.25, 0.3) is 0 Å². The number of rotatable bonds is 0. The zero-order valence-electron chi connectivity index (χ0n) is 5.76. The summed E-state index contributed by atoms with van der Waals surface area (Å²) >= 11 is 3.43. The second-order valence-electron chi connectivity index (χ2n) is 2.63. The molecular weight excluding hydrogens is 176 g/mol. The normalized spacial score (nSPS) is 34.3. The van der Waals surface area contributed by atoms with Crippen molar-refractivity contribution >= 4 is 15.9 Å². The summed E-state index contributed by atoms with van der Waals surface area (Å²) in [5.74, 6) is 1.38. The minimum atomic E-state index is 0.685. The lowest BCUT2D eigenvalue weighted by Crippen LogP contribution is -2.04. The van der Waals surface area contributed by atoms with Crippen LogP contribution in [0.3, 0.4) is 0 Å². The molecule has 0 amide bonds. The summed E-state index contributed by atoms with van der Waals surface area (Å²) in [4.78, 5) is 0. The first-order valence-corrected chi connectivity index (χ1v) is 4.05. The summed E-state index contributed by atoms with van der Waals surface area (Å²) in [5.41, 5.74) is 0. The van der Waals surface area contributed by atoms with Gasteiger partial charge in [-0.25, -0.2) is 0 Å². The van der Waals surface area contributed by atoms with E-state index in [0.29, 0.717) is 11.8 Å². The summed E-state index contributed by atoms with van der Waals surface area (Å²) in [7, 11) is 0. The molecule has 0 nitrogen and oxygen atoms in total. The van der Waals surface area contributed by atoms with Gasteiger partial charge in [-0.15, -0.1) is 0 Å². The second-order valence-corrected chi connectivity index (χ2v) is 3.54. The highest BCUT2D eigenvalue weighted by Crippen LogP contribution is 2.24. The summed E-state index contributed by atoms with van der Waals surface area (Å²) in [6.07, 6.45) is 6.59. The minimum Gasteiger partial charge on any atom is -0.0800 e. The zero-order chi connectivity index (χ0) is 6.85. The Bertz CT molecular complexity index is 156. The van der Waals surface area contributed by atoms with E-state index in [-0.39, 0.29) is 0 Å². The predicted molar refractivity (Wildman–Crippen MR) is 44.5 cm³/mol. The second kappa shape index (κ2) is 2.70. The van der Waals surface area contributed by atoms with E-state index in [1.165, 1.54) is 4.48 Å². The Balaban J connectivity index is 2.70. The fourth-order valence-electron chi connectivity index (χ4n) is 0.877. The highest BCUT2D eigenvalue weighted by molar-refractivity contribution is 9.11. The Morgan fingerprint density at radius 3 is 2.44 bits per heavy atom. The fraction of sp³-hybridized carbons (Fsp3) is 0.500. The molecule has 0 aliphatic heterocycles. The Morgan fingerprint density at radius 1 is 1.33 bits per heavy atom. The van der Waals surface area contributed by atoms with Gasteiger partial charge in [0.15, 0.2) is 0 Å². The Kier molecular flexibility index (Phi) is 2.12. The summed E-state index contributed by atoms with van der Waals surface area (Å²) < 4.78 is 1.22. The average molecular weight is 187 g/mol. The van der Waals surface area contributed by atoms with Crippen LogP contribution >= 0.6 is 15.9 Å². The lowest BCUT2D eigenvalue weighted by atomic mass is 9.92. The number of hydrogen-bond donors (Lipinski definition) is 0. The zero-order valence-corrected chi connectivity index (χ0v) is 7.35. The van der Waals surface area contributed by atoms with Crippen molar-refractivity contribution in [3.05, 3.63) is 22.7 Å². The smallest absolute Gasteiger partial charge is 0.0135 e. The van der Waals surface area contributed by atoms with Crippen LogP contribution in [0.25, 0.3) is 0 Å². The molecule has 1 heteroatoms. The van der Waals surface area contributed by atoms with Gasteiger partial charge >= 0.3 is 0 Å². The molecular formula is C8H11Br. The van der Waals surface area contributed by atoms with Crippen LogP contribution in [0.4, 0.5) is 0 Å². The Hall–Kier alpha value is -0.0400. The van der Waals surface area contributed by atoms with Gasteiger partial charge < -0.3 is 0 Å². The molecule has 1 rings (SSSR count). The van der Waals surface area contributed by atoms with E-state index in [4.69, 9.17) is 0 Å². The SMILES string of the molecule is C[C@@H]1C=C(Br)C=C[C@@H]1C. The standard InChI is InChI=1S/C8H11Br/c1-6-3-4-8(9)5-7(6)2/h3-7H,1-2H3/t6-,7+/m0/s1. The van der Waals surface area contributed by atoms with Gasteiger partial charge in [-0.1, -0.05) is 48.0 Å². The van der Waals surface area contributed by atoms with Crippen molar-refractivity contribution in [2.24, 2.45) is 11.8 Å². The van der Waals surface area contributed by atoms with Gasteiger partial charge in [0.1, 0.15) is 0 Å². The van der Waals surface area contributed by atoms with Gasteiger partial charge in [-0.2, -0.15) is 0 Å². The first kappa shape index (κ1) is 7.07. The third kappa shape index (κ3) is 1.68. The maximum absolute atomic E-state index is 3.43. The molecule has 0 heterocycles. The van der Waals surface area contributed by atoms with Crippen LogP contribution in [-0.4, -0.2) is 0 Å². The van der Waals surface area contributed by atoms with Gasteiger partial charge in [-0.3, -0.25) is 0 Å². The lowest BCUT2D eigenvalue weighted by molar-refractivity contribution is 0.551. The van der Waals surface area contributed by atoms with E-state index in [1.807, 2.05) is 0 Å². The van der Waals surface area contributed by atoms with Gasteiger partial charge in [0, 0.05) is 4.48 Å². The number of hydrogen-bond acceptors (Lipinski definition) is 0. The van der Waals surface area contributed by atoms with Crippen molar-refractivity contribution < 1.29 is 0 Å². The van der Waals surface area contributed by atoms with Crippen molar-refractivity contribution in [2.45, 2.75) is 13.8 Å². The van der Waals surface area contributed by atoms with Crippen molar-refractivity contribution in [2.75, 3.05) is 0 Å². The van der Waals surface area contributed by atoms with Crippen LogP contribution in [0, 0.1) is 11.8 Å². The van der Waals surface area contributed by atoms with Crippen LogP contribution in [0.5, 0.6) is 0 Å². The first-order valence-electron chi connectivity index (χ1n) is 3.25. The summed E-state index contributed by atoms with van der Waals surface area (Å²) in [6, 6.07) is 0. The van der Waals surface area contributed by atoms with Gasteiger partial charge in [0.2, 0.25) is 0 Å². The molecule has 1 aliphatic carbocycles. The van der Waals surface area contributed by atoms with E-state index in [9.17, 15) is 0 Å². The molecule has 0 radical (unpaired) electrons. The van der Waals surface area contributed by atoms with E-state index in [0.717, 1.165) is 0 Å². The quantitative estimate of drug-likeness (QED) is 0.546. The van der Waals surface area contributed by atoms with Crippen LogP contribution in [-0.2, 0) is 0 Å². The molecule has 50 valence electrons. The highest BCUT2D eigenvalue weighted by atomic mass is 79.9. The molecule has 0 aromatic carbocycles. The van der Waals surface area contributed by atoms with Crippen molar-refractivity contribution in [1.82, 2.24) is 0 Å². The summed E-state index contributed by atoms with van der Waals surface area (Å²) in [5, 5.41) is 0. The topological polar surface area (TPSA) is 0 Å². The van der Waals surface area contributed by atoms with Gasteiger partial charge in [0.05, 0.1) is 0 Å². The van der Waals surface area contributed by atoms with E-state index in [2.05, 4.69) is 48.0 Å². The van der Waals surface area contributed by atoms with Crippen molar-refractivity contribution in [1.29, 1.82) is 0 Å². The first-order chi connectivity index (χ1) is 4.20. The molecule has 0 spiro atoms. The monoisotopic (exact) mass is 186 g/mol. The lowest BCUT2D eigenvalue weighted by Gasteiger charge is -2.15. The molecule has 0 unspecified atom stereocenters. The fourth-order valence-corrected chi connectivity index (χ4v) is 1.45. The Morgan fingerprint density at radius 2 is 2.00 bits per heavy atom. The predicted octanol–water partition coefficient (Wildman–Crippen LogP) is 3.11. The molecule has 1 aliphatic rings. The highest BCUT2D eigenvalue weighted by Gasteiger charge is 2.09. The third-order valence-electron chi connectivity index (χ3n) is 1.81. The molecule has 9 heavy (non-hydrogen) atoms. The molecule has 0 fully saturated rings. The van der Waals surface area contributed by atoms with E-state index >= 15 is 0 Å². The maximum atomic E-state index is 3.43. The van der Waals surface area contributed by atoms with Crippen LogP contribution < -0.4 is 0 Å².